The molecule has 0 heterocycles. The maximum atomic E-state index is 12.3. The molecule has 0 saturated heterocycles. The van der Waals surface area contributed by atoms with Crippen molar-refractivity contribution >= 4 is 21.8 Å². The van der Waals surface area contributed by atoms with Crippen LogP contribution in [0, 0.1) is 6.92 Å². The molecule has 0 aliphatic rings. The second kappa shape index (κ2) is 6.09. The number of phenolic OH excluding ortho intramolecular Hbond substituents is 1. The highest BCUT2D eigenvalue weighted by molar-refractivity contribution is 9.10. The number of halogens is 1. The van der Waals surface area contributed by atoms with E-state index in [1.165, 1.54) is 0 Å². The van der Waals surface area contributed by atoms with Gasteiger partial charge in [-0.15, -0.1) is 0 Å². The summed E-state index contributed by atoms with van der Waals surface area (Å²) in [7, 11) is 0. The molecule has 0 bridgehead atoms. The Hall–Kier alpha value is -1.81. The van der Waals surface area contributed by atoms with Crippen molar-refractivity contribution in [1.82, 2.24) is 5.32 Å². The Morgan fingerprint density at radius 2 is 2.00 bits per heavy atom. The van der Waals surface area contributed by atoms with E-state index in [0.29, 0.717) is 5.56 Å². The number of hydrogen-bond acceptors (Lipinski definition) is 2. The summed E-state index contributed by atoms with van der Waals surface area (Å²) in [6.45, 7) is 3.83. The maximum Gasteiger partial charge on any atom is 0.252 e. The average molecular weight is 334 g/mol. The first kappa shape index (κ1) is 14.6. The molecule has 1 amide bonds. The maximum absolute atomic E-state index is 12.3. The highest BCUT2D eigenvalue weighted by Crippen LogP contribution is 2.21. The molecule has 3 nitrogen and oxygen atoms in total. The summed E-state index contributed by atoms with van der Waals surface area (Å²) in [5, 5.41) is 12.4. The zero-order chi connectivity index (χ0) is 14.7. The first-order valence-corrected chi connectivity index (χ1v) is 7.12. The average Bonchev–Trinajstić information content (AvgIpc) is 2.41. The lowest BCUT2D eigenvalue weighted by Crippen LogP contribution is -2.27. The van der Waals surface area contributed by atoms with Crippen LogP contribution < -0.4 is 5.32 Å². The molecule has 0 saturated carbocycles. The summed E-state index contributed by atoms with van der Waals surface area (Å²) >= 11 is 3.39. The number of aromatic hydroxyl groups is 1. The Kier molecular flexibility index (Phi) is 4.45. The highest BCUT2D eigenvalue weighted by atomic mass is 79.9. The van der Waals surface area contributed by atoms with Crippen LogP contribution in [-0.4, -0.2) is 11.0 Å². The van der Waals surface area contributed by atoms with Crippen LogP contribution in [0.5, 0.6) is 5.75 Å². The van der Waals surface area contributed by atoms with Crippen molar-refractivity contribution in [3.05, 3.63) is 63.6 Å². The van der Waals surface area contributed by atoms with Crippen molar-refractivity contribution in [2.45, 2.75) is 19.9 Å². The third-order valence-corrected chi connectivity index (χ3v) is 3.78. The second-order valence-electron chi connectivity index (χ2n) is 4.77. The molecule has 2 N–H and O–H groups in total. The van der Waals surface area contributed by atoms with E-state index in [9.17, 15) is 9.90 Å². The van der Waals surface area contributed by atoms with Crippen LogP contribution in [0.4, 0.5) is 0 Å². The zero-order valence-corrected chi connectivity index (χ0v) is 12.9. The standard InChI is InChI=1S/C16H16BrNO2/c1-10-6-7-15(17)14(8-10)16(20)18-11(2)12-4-3-5-13(19)9-12/h3-9,11,19H,1-2H3,(H,18,20). The number of aryl methyl sites for hydroxylation is 1. The summed E-state index contributed by atoms with van der Waals surface area (Å²) < 4.78 is 0.767. The lowest BCUT2D eigenvalue weighted by molar-refractivity contribution is 0.0939. The van der Waals surface area contributed by atoms with Crippen molar-refractivity contribution in [3.63, 3.8) is 0 Å². The number of amides is 1. The summed E-state index contributed by atoms with van der Waals surface area (Å²) in [4.78, 5) is 12.3. The van der Waals surface area contributed by atoms with Crippen LogP contribution in [0.15, 0.2) is 46.9 Å². The van der Waals surface area contributed by atoms with Crippen molar-refractivity contribution in [3.8, 4) is 5.75 Å². The molecule has 0 spiro atoms. The molecular formula is C16H16BrNO2. The van der Waals surface area contributed by atoms with Gasteiger partial charge in [0.15, 0.2) is 0 Å². The Bertz CT molecular complexity index is 640. The zero-order valence-electron chi connectivity index (χ0n) is 11.4. The molecule has 2 aromatic carbocycles. The number of carbonyl (C=O) groups is 1. The molecule has 2 aromatic rings. The fourth-order valence-electron chi connectivity index (χ4n) is 1.96. The fourth-order valence-corrected chi connectivity index (χ4v) is 2.39. The first-order valence-electron chi connectivity index (χ1n) is 6.33. The fraction of sp³-hybridized carbons (Fsp3) is 0.188. The van der Waals surface area contributed by atoms with E-state index >= 15 is 0 Å². The third-order valence-electron chi connectivity index (χ3n) is 3.08. The largest absolute Gasteiger partial charge is 0.508 e. The molecule has 0 aliphatic carbocycles. The summed E-state index contributed by atoms with van der Waals surface area (Å²) in [5.41, 5.74) is 2.50. The van der Waals surface area contributed by atoms with E-state index < -0.39 is 0 Å². The highest BCUT2D eigenvalue weighted by Gasteiger charge is 2.14. The van der Waals surface area contributed by atoms with Gasteiger partial charge in [-0.1, -0.05) is 23.8 Å². The number of nitrogens with one attached hydrogen (secondary N) is 1. The van der Waals surface area contributed by atoms with Gasteiger partial charge < -0.3 is 10.4 Å². The minimum atomic E-state index is -0.179. The van der Waals surface area contributed by atoms with Gasteiger partial charge in [-0.2, -0.15) is 0 Å². The molecule has 0 fully saturated rings. The Morgan fingerprint density at radius 1 is 1.25 bits per heavy atom. The number of phenols is 1. The lowest BCUT2D eigenvalue weighted by atomic mass is 10.1. The lowest BCUT2D eigenvalue weighted by Gasteiger charge is -2.15. The van der Waals surface area contributed by atoms with E-state index in [1.54, 1.807) is 18.2 Å². The van der Waals surface area contributed by atoms with E-state index in [0.717, 1.165) is 15.6 Å². The van der Waals surface area contributed by atoms with Gasteiger partial charge in [0.1, 0.15) is 5.75 Å². The van der Waals surface area contributed by atoms with Gasteiger partial charge in [-0.25, -0.2) is 0 Å². The van der Waals surface area contributed by atoms with Crippen LogP contribution in [0.1, 0.15) is 34.5 Å². The summed E-state index contributed by atoms with van der Waals surface area (Å²) in [5.74, 6) is 0.0525. The van der Waals surface area contributed by atoms with Gasteiger partial charge >= 0.3 is 0 Å². The number of carbonyl (C=O) groups excluding carboxylic acids is 1. The van der Waals surface area contributed by atoms with Crippen LogP contribution in [0.2, 0.25) is 0 Å². The Morgan fingerprint density at radius 3 is 2.70 bits per heavy atom. The summed E-state index contributed by atoms with van der Waals surface area (Å²) in [6, 6.07) is 12.4. The van der Waals surface area contributed by atoms with Gasteiger partial charge in [0, 0.05) is 4.47 Å². The minimum absolute atomic E-state index is 0.142. The molecule has 0 aromatic heterocycles. The topological polar surface area (TPSA) is 49.3 Å². The van der Waals surface area contributed by atoms with E-state index in [1.807, 2.05) is 38.1 Å². The number of rotatable bonds is 3. The second-order valence-corrected chi connectivity index (χ2v) is 5.63. The van der Waals surface area contributed by atoms with Crippen molar-refractivity contribution in [2.75, 3.05) is 0 Å². The van der Waals surface area contributed by atoms with Crippen molar-refractivity contribution in [2.24, 2.45) is 0 Å². The van der Waals surface area contributed by atoms with E-state index in [2.05, 4.69) is 21.2 Å². The predicted octanol–water partition coefficient (Wildman–Crippen LogP) is 3.95. The predicted molar refractivity (Wildman–Crippen MR) is 82.9 cm³/mol. The first-order chi connectivity index (χ1) is 9.47. The molecule has 20 heavy (non-hydrogen) atoms. The van der Waals surface area contributed by atoms with Gasteiger partial charge in [-0.05, 0) is 59.6 Å². The monoisotopic (exact) mass is 333 g/mol. The molecule has 1 unspecified atom stereocenters. The smallest absolute Gasteiger partial charge is 0.252 e. The molecule has 104 valence electrons. The van der Waals surface area contributed by atoms with Gasteiger partial charge in [0.25, 0.3) is 5.91 Å². The Balaban J connectivity index is 2.17. The normalized spacial score (nSPS) is 11.9. The quantitative estimate of drug-likeness (QED) is 0.893. The van der Waals surface area contributed by atoms with Crippen LogP contribution >= 0.6 is 15.9 Å². The van der Waals surface area contributed by atoms with E-state index in [4.69, 9.17) is 0 Å². The molecule has 0 aliphatic heterocycles. The van der Waals surface area contributed by atoms with Crippen LogP contribution in [0.25, 0.3) is 0 Å². The molecule has 1 atom stereocenters. The van der Waals surface area contributed by atoms with Gasteiger partial charge in [-0.3, -0.25) is 4.79 Å². The van der Waals surface area contributed by atoms with Gasteiger partial charge in [0.2, 0.25) is 0 Å². The summed E-state index contributed by atoms with van der Waals surface area (Å²) in [6.07, 6.45) is 0. The molecule has 2 rings (SSSR count). The van der Waals surface area contributed by atoms with Crippen LogP contribution in [-0.2, 0) is 0 Å². The third kappa shape index (κ3) is 3.39. The van der Waals surface area contributed by atoms with E-state index in [-0.39, 0.29) is 17.7 Å². The molecule has 0 radical (unpaired) electrons. The van der Waals surface area contributed by atoms with Crippen molar-refractivity contribution < 1.29 is 9.90 Å². The molecular weight excluding hydrogens is 318 g/mol. The van der Waals surface area contributed by atoms with Crippen molar-refractivity contribution in [1.29, 1.82) is 0 Å². The Labute approximate surface area is 126 Å². The number of benzene rings is 2. The van der Waals surface area contributed by atoms with Gasteiger partial charge in [0.05, 0.1) is 11.6 Å². The van der Waals surface area contributed by atoms with Crippen LogP contribution in [0.3, 0.4) is 0 Å². The number of hydrogen-bond donors (Lipinski definition) is 2. The molecule has 4 heteroatoms. The minimum Gasteiger partial charge on any atom is -0.508 e. The SMILES string of the molecule is Cc1ccc(Br)c(C(=O)NC(C)c2cccc(O)c2)c1.